The Morgan fingerprint density at radius 3 is 0.787 bits per heavy atom. The average Bonchev–Trinajstić information content (AvgIpc) is 3.30. The van der Waals surface area contributed by atoms with Gasteiger partial charge in [-0.05, 0) is 89.5 Å². The fourth-order valence-corrected chi connectivity index (χ4v) is 6.32. The zero-order valence-electron chi connectivity index (χ0n) is 32.0. The van der Waals surface area contributed by atoms with Gasteiger partial charge in [0.2, 0.25) is 0 Å². The van der Waals surface area contributed by atoms with E-state index in [1.807, 2.05) is 91.0 Å². The van der Waals surface area contributed by atoms with Crippen LogP contribution in [0.4, 0.5) is 26.3 Å². The molecule has 300 valence electrons. The molecule has 0 aliphatic rings. The molecule has 9 aromatic rings. The van der Waals surface area contributed by atoms with Gasteiger partial charge in [0.25, 0.3) is 0 Å². The molecule has 0 saturated heterocycles. The number of halogens is 6. The van der Waals surface area contributed by atoms with Gasteiger partial charge in [0, 0.05) is 52.0 Å². The van der Waals surface area contributed by atoms with Gasteiger partial charge in [0.05, 0.1) is 17.1 Å². The van der Waals surface area contributed by atoms with Crippen LogP contribution < -0.4 is 0 Å². The summed E-state index contributed by atoms with van der Waals surface area (Å²) in [6.07, 6.45) is 5.10. The Balaban J connectivity index is 0.000000152. The third-order valence-electron chi connectivity index (χ3n) is 9.26. The number of rotatable bonds is 6. The van der Waals surface area contributed by atoms with Crippen LogP contribution in [-0.4, -0.2) is 15.0 Å². The normalized spacial score (nSPS) is 10.3. The first-order valence-corrected chi connectivity index (χ1v) is 18.6. The van der Waals surface area contributed by atoms with Crippen molar-refractivity contribution >= 4 is 0 Å². The van der Waals surface area contributed by atoms with Crippen LogP contribution >= 0.6 is 0 Å². The number of nitrogens with zero attached hydrogens (tertiary/aromatic N) is 3. The Kier molecular flexibility index (Phi) is 14.9. The zero-order chi connectivity index (χ0) is 41.8. The molecule has 0 unspecified atom stereocenters. The van der Waals surface area contributed by atoms with Crippen molar-refractivity contribution in [1.29, 1.82) is 0 Å². The summed E-state index contributed by atoms with van der Waals surface area (Å²) < 4.78 is 81.4. The van der Waals surface area contributed by atoms with E-state index in [-0.39, 0.29) is 36.8 Å². The Morgan fingerprint density at radius 2 is 0.525 bits per heavy atom. The molecule has 6 aromatic carbocycles. The van der Waals surface area contributed by atoms with Gasteiger partial charge in [-0.3, -0.25) is 15.0 Å². The van der Waals surface area contributed by atoms with Crippen LogP contribution in [0.1, 0.15) is 0 Å². The van der Waals surface area contributed by atoms with Crippen LogP contribution in [0.3, 0.4) is 0 Å². The number of hydrogen-bond donors (Lipinski definition) is 0. The van der Waals surface area contributed by atoms with Crippen LogP contribution in [0.25, 0.3) is 67.2 Å². The first-order valence-electron chi connectivity index (χ1n) is 18.6. The predicted octanol–water partition coefficient (Wildman–Crippen LogP) is 14.1. The van der Waals surface area contributed by atoms with Crippen LogP contribution in [0, 0.1) is 34.9 Å². The summed E-state index contributed by atoms with van der Waals surface area (Å²) in [5.41, 5.74) is 7.64. The van der Waals surface area contributed by atoms with E-state index in [4.69, 9.17) is 0 Å². The molecule has 3 heterocycles. The molecule has 0 atom stereocenters. The van der Waals surface area contributed by atoms with E-state index in [2.05, 4.69) is 15.0 Å². The number of pyridine rings is 3. The van der Waals surface area contributed by atoms with Crippen molar-refractivity contribution in [3.05, 3.63) is 235 Å². The Labute approximate surface area is 362 Å². The summed E-state index contributed by atoms with van der Waals surface area (Å²) in [4.78, 5) is 12.8. The Hall–Kier alpha value is -7.00. The Bertz CT molecular complexity index is 2530. The smallest absolute Gasteiger partial charge is 0.256 e. The summed E-state index contributed by atoms with van der Waals surface area (Å²) in [7, 11) is 0. The molecule has 0 saturated carbocycles. The maximum atomic E-state index is 13.8. The second kappa shape index (κ2) is 20.8. The molecule has 9 rings (SSSR count). The van der Waals surface area contributed by atoms with Gasteiger partial charge in [0.1, 0.15) is 0 Å². The molecule has 0 bridgehead atoms. The van der Waals surface area contributed by atoms with E-state index >= 15 is 0 Å². The standard InChI is InChI=1S/3C17H11F2N.Ir/c3*18-15-8-4-7-14(17(15)19)12-5-3-6-13(11-12)16-9-1-2-10-20-16;/h3*1-11H;/q;;;+3. The van der Waals surface area contributed by atoms with Gasteiger partial charge in [-0.25, -0.2) is 26.3 Å². The molecule has 61 heavy (non-hydrogen) atoms. The van der Waals surface area contributed by atoms with Gasteiger partial charge in [-0.1, -0.05) is 109 Å². The summed E-state index contributed by atoms with van der Waals surface area (Å²) >= 11 is 0. The largest absolute Gasteiger partial charge is 3.00 e. The molecule has 0 amide bonds. The fraction of sp³-hybridized carbons (Fsp3) is 0. The molecule has 0 radical (unpaired) electrons. The summed E-state index contributed by atoms with van der Waals surface area (Å²) in [5, 5.41) is 0. The summed E-state index contributed by atoms with van der Waals surface area (Å²) in [6.45, 7) is 0. The number of hydrogen-bond acceptors (Lipinski definition) is 3. The molecule has 3 aromatic heterocycles. The van der Waals surface area contributed by atoms with E-state index < -0.39 is 34.9 Å². The van der Waals surface area contributed by atoms with Gasteiger partial charge in [0.15, 0.2) is 34.9 Å². The predicted molar refractivity (Wildman–Crippen MR) is 225 cm³/mol. The first-order chi connectivity index (χ1) is 29.3. The molecule has 0 spiro atoms. The second-order valence-corrected chi connectivity index (χ2v) is 13.2. The van der Waals surface area contributed by atoms with Gasteiger partial charge >= 0.3 is 20.1 Å². The molecule has 0 N–H and O–H groups in total. The minimum atomic E-state index is -0.842. The van der Waals surface area contributed by atoms with Gasteiger partial charge < -0.3 is 0 Å². The molecule has 10 heteroatoms. The fourth-order valence-electron chi connectivity index (χ4n) is 6.32. The van der Waals surface area contributed by atoms with E-state index in [1.165, 1.54) is 18.2 Å². The number of benzene rings is 6. The summed E-state index contributed by atoms with van der Waals surface area (Å²) in [5.74, 6) is -5.01. The first kappa shape index (κ1) is 43.6. The summed E-state index contributed by atoms with van der Waals surface area (Å²) in [6, 6.07) is 51.1. The van der Waals surface area contributed by atoms with Crippen LogP contribution in [-0.2, 0) is 20.1 Å². The van der Waals surface area contributed by atoms with Crippen molar-refractivity contribution in [3.63, 3.8) is 0 Å². The topological polar surface area (TPSA) is 38.7 Å². The third kappa shape index (κ3) is 10.8. The molecule has 0 fully saturated rings. The van der Waals surface area contributed by atoms with Crippen LogP contribution in [0.2, 0.25) is 0 Å². The van der Waals surface area contributed by atoms with Crippen molar-refractivity contribution < 1.29 is 46.4 Å². The van der Waals surface area contributed by atoms with E-state index in [0.29, 0.717) is 16.7 Å². The SMILES string of the molecule is Fc1cccc(-c2cccc(-c3ccccn3)c2)c1F.Fc1cccc(-c2cccc(-c3ccccn3)c2)c1F.Fc1cccc(-c2cccc(-c3ccccn3)c2)c1F.[Ir+3]. The molecular formula is C51H33F6IrN3+3. The molecule has 3 nitrogen and oxygen atoms in total. The minimum absolute atomic E-state index is 0. The van der Waals surface area contributed by atoms with Crippen molar-refractivity contribution in [2.24, 2.45) is 0 Å². The van der Waals surface area contributed by atoms with Gasteiger partial charge in [-0.2, -0.15) is 0 Å². The van der Waals surface area contributed by atoms with Crippen molar-refractivity contribution in [2.75, 3.05) is 0 Å². The molecular weight excluding hydrogens is 961 g/mol. The third-order valence-corrected chi connectivity index (χ3v) is 9.26. The van der Waals surface area contributed by atoms with E-state index in [1.54, 1.807) is 73.2 Å². The minimum Gasteiger partial charge on any atom is -0.256 e. The number of aromatic nitrogens is 3. The quantitative estimate of drug-likeness (QED) is 0.156. The Morgan fingerprint density at radius 1 is 0.262 bits per heavy atom. The van der Waals surface area contributed by atoms with Gasteiger partial charge in [-0.15, -0.1) is 0 Å². The maximum Gasteiger partial charge on any atom is 3.00 e. The van der Waals surface area contributed by atoms with E-state index in [9.17, 15) is 26.3 Å². The van der Waals surface area contributed by atoms with Crippen molar-refractivity contribution in [2.45, 2.75) is 0 Å². The molecule has 0 aliphatic carbocycles. The monoisotopic (exact) mass is 994 g/mol. The maximum absolute atomic E-state index is 13.8. The van der Waals surface area contributed by atoms with Crippen molar-refractivity contribution in [3.8, 4) is 67.2 Å². The average molecular weight is 994 g/mol. The van der Waals surface area contributed by atoms with Crippen LogP contribution in [0.5, 0.6) is 0 Å². The zero-order valence-corrected chi connectivity index (χ0v) is 34.4. The van der Waals surface area contributed by atoms with Crippen LogP contribution in [0.15, 0.2) is 201 Å². The van der Waals surface area contributed by atoms with E-state index in [0.717, 1.165) is 52.0 Å². The van der Waals surface area contributed by atoms with Crippen molar-refractivity contribution in [1.82, 2.24) is 15.0 Å². The second-order valence-electron chi connectivity index (χ2n) is 13.2. The molecule has 0 aliphatic heterocycles.